The molecule has 24 heavy (non-hydrogen) atoms. The summed E-state index contributed by atoms with van der Waals surface area (Å²) in [6, 6.07) is 0.327. The molecule has 0 N–H and O–H groups in total. The lowest BCUT2D eigenvalue weighted by atomic mass is 9.95. The highest BCUT2D eigenvalue weighted by Gasteiger charge is 2.31. The molecule has 6 nitrogen and oxygen atoms in total. The highest BCUT2D eigenvalue weighted by atomic mass is 16.2. The van der Waals surface area contributed by atoms with E-state index in [1.165, 1.54) is 0 Å². The third kappa shape index (κ3) is 2.85. The minimum Gasteiger partial charge on any atom is -0.340 e. The number of aryl methyl sites for hydroxylation is 3. The molecule has 0 aliphatic carbocycles. The Balaban J connectivity index is 1.78. The average Bonchev–Trinajstić information content (AvgIpc) is 3.10. The van der Waals surface area contributed by atoms with Crippen molar-refractivity contribution in [2.45, 2.75) is 52.5 Å². The van der Waals surface area contributed by atoms with Crippen molar-refractivity contribution in [1.82, 2.24) is 24.2 Å². The predicted molar refractivity (Wildman–Crippen MR) is 92.9 cm³/mol. The molecule has 2 aromatic heterocycles. The third-order valence-corrected chi connectivity index (χ3v) is 5.33. The molecule has 1 saturated heterocycles. The summed E-state index contributed by atoms with van der Waals surface area (Å²) in [5, 5.41) is 4.46. The lowest BCUT2D eigenvalue weighted by Gasteiger charge is -2.35. The van der Waals surface area contributed by atoms with Crippen LogP contribution in [0.4, 0.5) is 0 Å². The Morgan fingerprint density at radius 1 is 1.33 bits per heavy atom. The molecule has 2 atom stereocenters. The van der Waals surface area contributed by atoms with Crippen molar-refractivity contribution >= 4 is 5.91 Å². The Morgan fingerprint density at radius 2 is 2.08 bits per heavy atom. The van der Waals surface area contributed by atoms with Crippen molar-refractivity contribution in [2.75, 3.05) is 13.1 Å². The molecule has 1 amide bonds. The zero-order chi connectivity index (χ0) is 17.4. The molecule has 1 aliphatic heterocycles. The van der Waals surface area contributed by atoms with Gasteiger partial charge in [0.15, 0.2) is 0 Å². The van der Waals surface area contributed by atoms with Crippen LogP contribution in [0.15, 0.2) is 12.4 Å². The summed E-state index contributed by atoms with van der Waals surface area (Å²) in [6.45, 7) is 9.65. The van der Waals surface area contributed by atoms with Gasteiger partial charge in [-0.2, -0.15) is 5.10 Å². The van der Waals surface area contributed by atoms with Crippen LogP contribution in [-0.4, -0.2) is 43.2 Å². The Hall–Kier alpha value is -2.11. The summed E-state index contributed by atoms with van der Waals surface area (Å²) in [5.41, 5.74) is 3.10. The van der Waals surface area contributed by atoms with Gasteiger partial charge in [0.1, 0.15) is 5.82 Å². The molecular weight excluding hydrogens is 302 g/mol. The van der Waals surface area contributed by atoms with Gasteiger partial charge in [-0.3, -0.25) is 9.48 Å². The van der Waals surface area contributed by atoms with Gasteiger partial charge in [0, 0.05) is 43.8 Å². The minimum atomic E-state index is -0.152. The molecule has 130 valence electrons. The third-order valence-electron chi connectivity index (χ3n) is 5.33. The molecule has 3 heterocycles. The monoisotopic (exact) mass is 329 g/mol. The van der Waals surface area contributed by atoms with Crippen molar-refractivity contribution in [3.05, 3.63) is 35.2 Å². The van der Waals surface area contributed by atoms with E-state index in [-0.39, 0.29) is 11.8 Å². The van der Waals surface area contributed by atoms with Crippen LogP contribution >= 0.6 is 0 Å². The van der Waals surface area contributed by atoms with Crippen LogP contribution in [-0.2, 0) is 11.8 Å². The molecule has 6 heteroatoms. The van der Waals surface area contributed by atoms with Gasteiger partial charge in [-0.25, -0.2) is 4.98 Å². The number of nitrogens with zero attached hydrogens (tertiary/aromatic N) is 5. The van der Waals surface area contributed by atoms with Gasteiger partial charge in [0.05, 0.1) is 17.7 Å². The molecular formula is C18H27N5O. The average molecular weight is 329 g/mol. The molecule has 0 radical (unpaired) electrons. The van der Waals surface area contributed by atoms with E-state index in [4.69, 9.17) is 0 Å². The lowest BCUT2D eigenvalue weighted by molar-refractivity contribution is -0.134. The molecule has 0 spiro atoms. The molecule has 1 aliphatic rings. The van der Waals surface area contributed by atoms with Crippen LogP contribution in [0.3, 0.4) is 0 Å². The van der Waals surface area contributed by atoms with Crippen molar-refractivity contribution < 1.29 is 4.79 Å². The summed E-state index contributed by atoms with van der Waals surface area (Å²) in [6.07, 6.45) is 5.99. The molecule has 0 saturated carbocycles. The number of carbonyl (C=O) groups is 1. The topological polar surface area (TPSA) is 56.0 Å². The fourth-order valence-electron chi connectivity index (χ4n) is 3.97. The molecule has 1 fully saturated rings. The minimum absolute atomic E-state index is 0.152. The summed E-state index contributed by atoms with van der Waals surface area (Å²) >= 11 is 0. The van der Waals surface area contributed by atoms with Gasteiger partial charge >= 0.3 is 0 Å². The largest absolute Gasteiger partial charge is 0.340 e. The van der Waals surface area contributed by atoms with E-state index in [9.17, 15) is 4.79 Å². The van der Waals surface area contributed by atoms with Crippen molar-refractivity contribution in [3.63, 3.8) is 0 Å². The number of likely N-dealkylation sites (tertiary alicyclic amines) is 1. The summed E-state index contributed by atoms with van der Waals surface area (Å²) in [4.78, 5) is 19.4. The molecule has 0 unspecified atom stereocenters. The summed E-state index contributed by atoms with van der Waals surface area (Å²) in [5.74, 6) is 1.07. The van der Waals surface area contributed by atoms with Crippen LogP contribution in [0, 0.1) is 20.8 Å². The smallest absolute Gasteiger partial charge is 0.230 e. The van der Waals surface area contributed by atoms with E-state index < -0.39 is 0 Å². The number of rotatable bonds is 3. The van der Waals surface area contributed by atoms with Crippen LogP contribution in [0.5, 0.6) is 0 Å². The van der Waals surface area contributed by atoms with Gasteiger partial charge < -0.3 is 9.47 Å². The number of imidazole rings is 1. The zero-order valence-electron chi connectivity index (χ0n) is 15.3. The standard InChI is InChI=1S/C18H27N5O/c1-12(17-13(2)20-21(5)14(17)3)18(24)22-9-6-7-16(11-22)23-10-8-19-15(23)4/h8,10,12,16H,6-7,9,11H2,1-5H3/t12-,16-/m0/s1. The fourth-order valence-corrected chi connectivity index (χ4v) is 3.97. The first kappa shape index (κ1) is 16.7. The first-order chi connectivity index (χ1) is 11.4. The van der Waals surface area contributed by atoms with Crippen LogP contribution in [0.1, 0.15) is 54.5 Å². The maximum atomic E-state index is 13.1. The van der Waals surface area contributed by atoms with E-state index in [2.05, 4.69) is 14.6 Å². The molecule has 0 aromatic carbocycles. The van der Waals surface area contributed by atoms with Crippen molar-refractivity contribution in [3.8, 4) is 0 Å². The predicted octanol–water partition coefficient (Wildman–Crippen LogP) is 2.51. The first-order valence-corrected chi connectivity index (χ1v) is 8.68. The number of carbonyl (C=O) groups excluding carboxylic acids is 1. The quantitative estimate of drug-likeness (QED) is 0.869. The Labute approximate surface area is 143 Å². The maximum absolute atomic E-state index is 13.1. The highest BCUT2D eigenvalue weighted by molar-refractivity contribution is 5.84. The Kier molecular flexibility index (Phi) is 4.47. The summed E-state index contributed by atoms with van der Waals surface area (Å²) < 4.78 is 4.06. The lowest BCUT2D eigenvalue weighted by Crippen LogP contribution is -2.42. The van der Waals surface area contributed by atoms with E-state index >= 15 is 0 Å². The second kappa shape index (κ2) is 6.42. The second-order valence-corrected chi connectivity index (χ2v) is 6.89. The van der Waals surface area contributed by atoms with E-state index in [1.807, 2.05) is 56.7 Å². The van der Waals surface area contributed by atoms with Crippen molar-refractivity contribution in [1.29, 1.82) is 0 Å². The molecule has 0 bridgehead atoms. The van der Waals surface area contributed by atoms with Gasteiger partial charge in [-0.05, 0) is 40.5 Å². The van der Waals surface area contributed by atoms with Gasteiger partial charge in [0.25, 0.3) is 0 Å². The van der Waals surface area contributed by atoms with Crippen LogP contribution in [0.2, 0.25) is 0 Å². The Morgan fingerprint density at radius 3 is 2.67 bits per heavy atom. The molecule has 3 rings (SSSR count). The van der Waals surface area contributed by atoms with Gasteiger partial charge in [-0.1, -0.05) is 0 Å². The molecule has 2 aromatic rings. The number of hydrogen-bond donors (Lipinski definition) is 0. The van der Waals surface area contributed by atoms with Crippen LogP contribution < -0.4 is 0 Å². The fraction of sp³-hybridized carbons (Fsp3) is 0.611. The van der Waals surface area contributed by atoms with E-state index in [1.54, 1.807) is 0 Å². The number of amides is 1. The van der Waals surface area contributed by atoms with Gasteiger partial charge in [-0.15, -0.1) is 0 Å². The van der Waals surface area contributed by atoms with E-state index in [0.29, 0.717) is 6.04 Å². The van der Waals surface area contributed by atoms with Crippen LogP contribution in [0.25, 0.3) is 0 Å². The number of aromatic nitrogens is 4. The van der Waals surface area contributed by atoms with Gasteiger partial charge in [0.2, 0.25) is 5.91 Å². The maximum Gasteiger partial charge on any atom is 0.230 e. The zero-order valence-corrected chi connectivity index (χ0v) is 15.3. The van der Waals surface area contributed by atoms with Crippen molar-refractivity contribution in [2.24, 2.45) is 7.05 Å². The number of hydrogen-bond acceptors (Lipinski definition) is 3. The number of piperidine rings is 1. The first-order valence-electron chi connectivity index (χ1n) is 8.68. The Bertz CT molecular complexity index is 745. The second-order valence-electron chi connectivity index (χ2n) is 6.89. The summed E-state index contributed by atoms with van der Waals surface area (Å²) in [7, 11) is 1.93. The van der Waals surface area contributed by atoms with E-state index in [0.717, 1.165) is 48.7 Å². The normalized spacial score (nSPS) is 19.5. The SMILES string of the molecule is Cc1nn(C)c(C)c1[C@H](C)C(=O)N1CCC[C@H](n2ccnc2C)C1. The highest BCUT2D eigenvalue weighted by Crippen LogP contribution is 2.28.